The van der Waals surface area contributed by atoms with E-state index >= 15 is 0 Å². The van der Waals surface area contributed by atoms with Crippen LogP contribution < -0.4 is 0 Å². The van der Waals surface area contributed by atoms with Gasteiger partial charge in [-0.1, -0.05) is 6.92 Å². The minimum atomic E-state index is -0.472. The zero-order chi connectivity index (χ0) is 16.1. The van der Waals surface area contributed by atoms with Gasteiger partial charge in [0.15, 0.2) is 0 Å². The molecule has 21 heavy (non-hydrogen) atoms. The first-order valence-corrected chi connectivity index (χ1v) is 7.54. The van der Waals surface area contributed by atoms with Crippen molar-refractivity contribution < 1.29 is 23.7 Å². The van der Waals surface area contributed by atoms with Crippen LogP contribution in [0.3, 0.4) is 0 Å². The van der Waals surface area contributed by atoms with Crippen molar-refractivity contribution in [2.45, 2.75) is 39.7 Å². The summed E-state index contributed by atoms with van der Waals surface area (Å²) in [6, 6.07) is 0. The molecule has 0 heterocycles. The second-order valence-corrected chi connectivity index (χ2v) is 5.74. The van der Waals surface area contributed by atoms with Crippen LogP contribution >= 0.6 is 0 Å². The summed E-state index contributed by atoms with van der Waals surface area (Å²) >= 11 is 0. The molecule has 6 nitrogen and oxygen atoms in total. The van der Waals surface area contributed by atoms with Crippen molar-refractivity contribution in [3.8, 4) is 0 Å². The standard InChI is InChI=1S/C15H31NO5/c1-6-8-18-10-12-20-13-11-19-9-7-16(5)14(17)21-15(2,3)4/h6-13H2,1-5H3. The lowest BCUT2D eigenvalue weighted by Gasteiger charge is -2.24. The quantitative estimate of drug-likeness (QED) is 0.548. The largest absolute Gasteiger partial charge is 0.444 e. The summed E-state index contributed by atoms with van der Waals surface area (Å²) in [5.41, 5.74) is -0.472. The summed E-state index contributed by atoms with van der Waals surface area (Å²) in [4.78, 5) is 13.2. The Morgan fingerprint density at radius 1 is 0.905 bits per heavy atom. The van der Waals surface area contributed by atoms with Crippen molar-refractivity contribution in [3.05, 3.63) is 0 Å². The summed E-state index contributed by atoms with van der Waals surface area (Å²) in [5, 5.41) is 0. The van der Waals surface area contributed by atoms with Crippen molar-refractivity contribution in [1.29, 1.82) is 0 Å². The van der Waals surface area contributed by atoms with Crippen molar-refractivity contribution in [1.82, 2.24) is 4.90 Å². The summed E-state index contributed by atoms with van der Waals surface area (Å²) in [6.07, 6.45) is 0.685. The van der Waals surface area contributed by atoms with E-state index in [0.29, 0.717) is 39.6 Å². The highest BCUT2D eigenvalue weighted by Crippen LogP contribution is 2.08. The van der Waals surface area contributed by atoms with Gasteiger partial charge in [-0.15, -0.1) is 0 Å². The molecule has 0 atom stereocenters. The number of hydrogen-bond donors (Lipinski definition) is 0. The molecule has 0 bridgehead atoms. The summed E-state index contributed by atoms with van der Waals surface area (Å²) in [7, 11) is 1.69. The Bertz CT molecular complexity index is 265. The number of hydrogen-bond acceptors (Lipinski definition) is 5. The van der Waals surface area contributed by atoms with E-state index < -0.39 is 5.60 Å². The van der Waals surface area contributed by atoms with Crippen molar-refractivity contribution in [3.63, 3.8) is 0 Å². The van der Waals surface area contributed by atoms with Crippen LogP contribution in [0.5, 0.6) is 0 Å². The molecule has 0 aromatic rings. The molecule has 0 spiro atoms. The van der Waals surface area contributed by atoms with E-state index in [9.17, 15) is 4.79 Å². The molecule has 0 fully saturated rings. The van der Waals surface area contributed by atoms with Gasteiger partial charge in [0.25, 0.3) is 0 Å². The second-order valence-electron chi connectivity index (χ2n) is 5.74. The topological polar surface area (TPSA) is 57.2 Å². The van der Waals surface area contributed by atoms with Crippen LogP contribution in [-0.2, 0) is 18.9 Å². The van der Waals surface area contributed by atoms with E-state index in [4.69, 9.17) is 18.9 Å². The molecule has 0 aliphatic carbocycles. The van der Waals surface area contributed by atoms with Crippen LogP contribution in [0.1, 0.15) is 34.1 Å². The number of nitrogens with zero attached hydrogens (tertiary/aromatic N) is 1. The Kier molecular flexibility index (Phi) is 11.3. The van der Waals surface area contributed by atoms with E-state index in [1.54, 1.807) is 7.05 Å². The van der Waals surface area contributed by atoms with Crippen molar-refractivity contribution >= 4 is 6.09 Å². The van der Waals surface area contributed by atoms with Crippen LogP contribution in [0.15, 0.2) is 0 Å². The van der Waals surface area contributed by atoms with E-state index in [1.807, 2.05) is 20.8 Å². The maximum atomic E-state index is 11.7. The van der Waals surface area contributed by atoms with Crippen molar-refractivity contribution in [2.24, 2.45) is 0 Å². The molecule has 0 aromatic carbocycles. The lowest BCUT2D eigenvalue weighted by atomic mass is 10.2. The first-order valence-electron chi connectivity index (χ1n) is 7.54. The first-order chi connectivity index (χ1) is 9.87. The molecule has 0 N–H and O–H groups in total. The van der Waals surface area contributed by atoms with Crippen LogP contribution in [0.25, 0.3) is 0 Å². The Hall–Kier alpha value is -0.850. The van der Waals surface area contributed by atoms with Gasteiger partial charge in [0, 0.05) is 20.2 Å². The zero-order valence-corrected chi connectivity index (χ0v) is 14.1. The molecule has 0 saturated heterocycles. The summed E-state index contributed by atoms with van der Waals surface area (Å²) in [6.45, 7) is 11.6. The normalized spacial score (nSPS) is 11.5. The van der Waals surface area contributed by atoms with E-state index in [-0.39, 0.29) is 6.09 Å². The minimum absolute atomic E-state index is 0.338. The number of amides is 1. The third kappa shape index (κ3) is 13.9. The van der Waals surface area contributed by atoms with Gasteiger partial charge in [0.1, 0.15) is 5.60 Å². The van der Waals surface area contributed by atoms with Gasteiger partial charge in [0.05, 0.1) is 33.0 Å². The monoisotopic (exact) mass is 305 g/mol. The van der Waals surface area contributed by atoms with E-state index in [2.05, 4.69) is 6.92 Å². The Labute approximate surface area is 128 Å². The predicted octanol–water partition coefficient (Wildman–Crippen LogP) is 2.31. The predicted molar refractivity (Wildman–Crippen MR) is 81.6 cm³/mol. The molecular formula is C15H31NO5. The van der Waals surface area contributed by atoms with Gasteiger partial charge in [-0.25, -0.2) is 4.79 Å². The van der Waals surface area contributed by atoms with Gasteiger partial charge < -0.3 is 23.8 Å². The maximum absolute atomic E-state index is 11.7. The van der Waals surface area contributed by atoms with Gasteiger partial charge in [-0.3, -0.25) is 0 Å². The fourth-order valence-corrected chi connectivity index (χ4v) is 1.32. The average molecular weight is 305 g/mol. The zero-order valence-electron chi connectivity index (χ0n) is 14.1. The lowest BCUT2D eigenvalue weighted by Crippen LogP contribution is -2.36. The SMILES string of the molecule is CCCOCCOCCOCCN(C)C(=O)OC(C)(C)C. The van der Waals surface area contributed by atoms with E-state index in [0.717, 1.165) is 13.0 Å². The number of carbonyl (C=O) groups excluding carboxylic acids is 1. The highest BCUT2D eigenvalue weighted by atomic mass is 16.6. The van der Waals surface area contributed by atoms with Crippen LogP contribution in [0.4, 0.5) is 4.79 Å². The summed E-state index contributed by atoms with van der Waals surface area (Å²) in [5.74, 6) is 0. The molecule has 0 radical (unpaired) electrons. The molecule has 0 rings (SSSR count). The maximum Gasteiger partial charge on any atom is 0.410 e. The van der Waals surface area contributed by atoms with Gasteiger partial charge in [0.2, 0.25) is 0 Å². The fraction of sp³-hybridized carbons (Fsp3) is 0.933. The average Bonchev–Trinajstić information content (AvgIpc) is 2.38. The second kappa shape index (κ2) is 11.8. The molecule has 0 aliphatic heterocycles. The molecule has 0 aromatic heterocycles. The van der Waals surface area contributed by atoms with Crippen LogP contribution in [0, 0.1) is 0 Å². The van der Waals surface area contributed by atoms with Crippen LogP contribution in [-0.4, -0.2) is 69.8 Å². The van der Waals surface area contributed by atoms with Gasteiger partial charge >= 0.3 is 6.09 Å². The number of rotatable bonds is 11. The molecule has 0 saturated carbocycles. The molecule has 0 aliphatic rings. The number of ether oxygens (including phenoxy) is 4. The Morgan fingerprint density at radius 3 is 1.86 bits per heavy atom. The highest BCUT2D eigenvalue weighted by molar-refractivity contribution is 5.67. The van der Waals surface area contributed by atoms with Crippen LogP contribution in [0.2, 0.25) is 0 Å². The molecule has 6 heteroatoms. The summed E-state index contributed by atoms with van der Waals surface area (Å²) < 4.78 is 21.3. The Morgan fingerprint density at radius 2 is 1.38 bits per heavy atom. The molecule has 0 unspecified atom stereocenters. The third-order valence-corrected chi connectivity index (χ3v) is 2.37. The Balaban J connectivity index is 3.40. The number of likely N-dealkylation sites (N-methyl/N-ethyl adjacent to an activating group) is 1. The molecule has 126 valence electrons. The first kappa shape index (κ1) is 20.1. The smallest absolute Gasteiger partial charge is 0.410 e. The highest BCUT2D eigenvalue weighted by Gasteiger charge is 2.19. The fourth-order valence-electron chi connectivity index (χ4n) is 1.32. The number of carbonyl (C=O) groups is 1. The third-order valence-electron chi connectivity index (χ3n) is 2.37. The lowest BCUT2D eigenvalue weighted by molar-refractivity contribution is 0.00486. The molecule has 1 amide bonds. The van der Waals surface area contributed by atoms with Gasteiger partial charge in [-0.05, 0) is 27.2 Å². The molecular weight excluding hydrogens is 274 g/mol. The van der Waals surface area contributed by atoms with E-state index in [1.165, 1.54) is 4.90 Å². The van der Waals surface area contributed by atoms with Gasteiger partial charge in [-0.2, -0.15) is 0 Å². The van der Waals surface area contributed by atoms with Crippen molar-refractivity contribution in [2.75, 3.05) is 53.2 Å². The minimum Gasteiger partial charge on any atom is -0.444 e.